The van der Waals surface area contributed by atoms with Crippen LogP contribution >= 0.6 is 0 Å². The Morgan fingerprint density at radius 3 is 1.59 bits per heavy atom. The average molecular weight is 447 g/mol. The van der Waals surface area contributed by atoms with Crippen LogP contribution in [0.4, 0.5) is 0 Å². The van der Waals surface area contributed by atoms with Crippen molar-refractivity contribution in [2.45, 2.75) is 120 Å². The smallest absolute Gasteiger partial charge is 0.343 e. The monoisotopic (exact) mass is 446 g/mol. The summed E-state index contributed by atoms with van der Waals surface area (Å²) in [6, 6.07) is 1.19. The fraction of sp³-hybridized carbons (Fsp3) is 1.00. The summed E-state index contributed by atoms with van der Waals surface area (Å²) in [6.07, 6.45) is 16.0. The van der Waals surface area contributed by atoms with Crippen molar-refractivity contribution < 1.29 is 17.7 Å². The minimum atomic E-state index is -1.89. The summed E-state index contributed by atoms with van der Waals surface area (Å²) in [4.78, 5) is 0. The Labute approximate surface area is 183 Å². The number of hydrogen-bond donors (Lipinski definition) is 0. The summed E-state index contributed by atoms with van der Waals surface area (Å²) in [5.41, 5.74) is 2.03. The summed E-state index contributed by atoms with van der Waals surface area (Å²) in [6.45, 7) is 6.72. The van der Waals surface area contributed by atoms with Crippen LogP contribution in [0.1, 0.15) is 97.8 Å². The van der Waals surface area contributed by atoms with E-state index in [1.807, 2.05) is 28.4 Å². The molecule has 0 amide bonds. The van der Waals surface area contributed by atoms with E-state index < -0.39 is 17.1 Å². The summed E-state index contributed by atoms with van der Waals surface area (Å²) in [5.74, 6) is 0. The first-order valence-corrected chi connectivity index (χ1v) is 16.2. The summed E-state index contributed by atoms with van der Waals surface area (Å²) in [5, 5.41) is 0. The van der Waals surface area contributed by atoms with Gasteiger partial charge in [0.15, 0.2) is 0 Å². The fourth-order valence-electron chi connectivity index (χ4n) is 5.68. The molecule has 0 N–H and O–H groups in total. The van der Waals surface area contributed by atoms with E-state index in [4.69, 9.17) is 17.7 Å². The second-order valence-electron chi connectivity index (χ2n) is 9.28. The lowest BCUT2D eigenvalue weighted by atomic mass is 10.0. The van der Waals surface area contributed by atoms with Gasteiger partial charge in [-0.15, -0.1) is 0 Å². The third-order valence-electron chi connectivity index (χ3n) is 7.41. The van der Waals surface area contributed by atoms with Gasteiger partial charge in [-0.2, -0.15) is 0 Å². The molecule has 0 saturated heterocycles. The lowest BCUT2D eigenvalue weighted by molar-refractivity contribution is 0.215. The molecular formula is C23H50O4Si2. The number of rotatable bonds is 11. The molecule has 2 aliphatic rings. The van der Waals surface area contributed by atoms with Crippen LogP contribution in [-0.2, 0) is 17.7 Å². The largest absolute Gasteiger partial charge is 0.397 e. The van der Waals surface area contributed by atoms with E-state index in [-0.39, 0.29) is 0 Å². The van der Waals surface area contributed by atoms with Gasteiger partial charge in [-0.05, 0) is 37.3 Å². The highest BCUT2D eigenvalue weighted by Gasteiger charge is 2.48. The van der Waals surface area contributed by atoms with Crippen LogP contribution in [0.5, 0.6) is 0 Å². The number of unbranched alkanes of at least 4 members (excludes halogenated alkanes) is 2. The Bertz CT molecular complexity index is 400. The molecule has 0 atom stereocenters. The zero-order chi connectivity index (χ0) is 21.8. The summed E-state index contributed by atoms with van der Waals surface area (Å²) in [7, 11) is 3.63. The van der Waals surface area contributed by atoms with Gasteiger partial charge in [0.05, 0.1) is 0 Å². The number of hydrogen-bond acceptors (Lipinski definition) is 4. The van der Waals surface area contributed by atoms with E-state index in [9.17, 15) is 0 Å². The molecule has 0 aliphatic heterocycles. The predicted molar refractivity (Wildman–Crippen MR) is 128 cm³/mol. The molecule has 0 unspecified atom stereocenters. The van der Waals surface area contributed by atoms with Gasteiger partial charge in [0.25, 0.3) is 0 Å². The van der Waals surface area contributed by atoms with E-state index in [0.717, 1.165) is 11.1 Å². The molecule has 0 spiro atoms. The second-order valence-corrected chi connectivity index (χ2v) is 17.3. The van der Waals surface area contributed by atoms with Gasteiger partial charge in [-0.3, -0.25) is 0 Å². The Morgan fingerprint density at radius 1 is 0.690 bits per heavy atom. The van der Waals surface area contributed by atoms with Gasteiger partial charge in [0.2, 0.25) is 0 Å². The van der Waals surface area contributed by atoms with Crippen molar-refractivity contribution in [1.29, 1.82) is 0 Å². The SMILES string of the molecule is CCCCC[Si](OC)(OC)C1CCCCC1.CO[Si](OC)(C(C)C)C1CCCC1. The van der Waals surface area contributed by atoms with Crippen molar-refractivity contribution in [2.24, 2.45) is 0 Å². The Hall–Kier alpha value is 0.274. The standard InChI is InChI=1S/C13H28O2Si.C10H22O2Si/c1-4-5-9-12-16(14-2,15-3)13-10-7-6-8-11-13;1-9(2)13(11-3,12-4)10-7-5-6-8-10/h13H,4-12H2,1-3H3;9-10H,5-8H2,1-4H3. The van der Waals surface area contributed by atoms with Gasteiger partial charge < -0.3 is 17.7 Å². The molecule has 29 heavy (non-hydrogen) atoms. The van der Waals surface area contributed by atoms with Gasteiger partial charge in [0, 0.05) is 39.5 Å². The highest BCUT2D eigenvalue weighted by atomic mass is 28.4. The van der Waals surface area contributed by atoms with Crippen molar-refractivity contribution in [2.75, 3.05) is 28.4 Å². The van der Waals surface area contributed by atoms with Crippen molar-refractivity contribution in [3.63, 3.8) is 0 Å². The molecule has 0 aromatic carbocycles. The highest BCUT2D eigenvalue weighted by molar-refractivity contribution is 6.70. The maximum absolute atomic E-state index is 5.89. The minimum absolute atomic E-state index is 0.561. The molecule has 0 heterocycles. The average Bonchev–Trinajstić information content (AvgIpc) is 3.29. The zero-order valence-corrected chi connectivity index (χ0v) is 22.6. The molecule has 2 aliphatic carbocycles. The van der Waals surface area contributed by atoms with Crippen LogP contribution in [0, 0.1) is 0 Å². The minimum Gasteiger partial charge on any atom is -0.397 e. The van der Waals surface area contributed by atoms with Gasteiger partial charge in [-0.1, -0.05) is 72.1 Å². The van der Waals surface area contributed by atoms with Gasteiger partial charge in [-0.25, -0.2) is 0 Å². The molecule has 4 nitrogen and oxygen atoms in total. The fourth-order valence-corrected chi connectivity index (χ4v) is 13.3. The van der Waals surface area contributed by atoms with Crippen molar-refractivity contribution in [3.05, 3.63) is 0 Å². The molecule has 174 valence electrons. The first-order chi connectivity index (χ1) is 14.0. The van der Waals surface area contributed by atoms with E-state index in [2.05, 4.69) is 20.8 Å². The van der Waals surface area contributed by atoms with Crippen LogP contribution < -0.4 is 0 Å². The Kier molecular flexibility index (Phi) is 13.5. The first-order valence-electron chi connectivity index (χ1n) is 12.2. The maximum Gasteiger partial charge on any atom is 0.343 e. The van der Waals surface area contributed by atoms with E-state index in [1.165, 1.54) is 83.1 Å². The Morgan fingerprint density at radius 2 is 1.17 bits per heavy atom. The van der Waals surface area contributed by atoms with Crippen molar-refractivity contribution >= 4 is 17.1 Å². The lowest BCUT2D eigenvalue weighted by Gasteiger charge is -2.37. The van der Waals surface area contributed by atoms with Crippen molar-refractivity contribution in [3.8, 4) is 0 Å². The van der Waals surface area contributed by atoms with E-state index >= 15 is 0 Å². The third kappa shape index (κ3) is 7.42. The second kappa shape index (κ2) is 14.4. The molecule has 0 aromatic heterocycles. The van der Waals surface area contributed by atoms with E-state index in [0.29, 0.717) is 5.54 Å². The normalized spacial score (nSPS) is 19.4. The van der Waals surface area contributed by atoms with Crippen LogP contribution in [0.3, 0.4) is 0 Å². The van der Waals surface area contributed by atoms with Crippen LogP contribution in [0.2, 0.25) is 22.7 Å². The molecular weight excluding hydrogens is 396 g/mol. The van der Waals surface area contributed by atoms with Gasteiger partial charge >= 0.3 is 17.1 Å². The zero-order valence-electron chi connectivity index (χ0n) is 20.6. The molecule has 2 fully saturated rings. The topological polar surface area (TPSA) is 36.9 Å². The quantitative estimate of drug-likeness (QED) is 0.246. The van der Waals surface area contributed by atoms with Crippen LogP contribution in [0.15, 0.2) is 0 Å². The molecule has 2 saturated carbocycles. The molecule has 0 radical (unpaired) electrons. The molecule has 6 heteroatoms. The molecule has 2 rings (SSSR count). The van der Waals surface area contributed by atoms with Crippen LogP contribution in [-0.4, -0.2) is 45.6 Å². The third-order valence-corrected chi connectivity index (χ3v) is 16.3. The lowest BCUT2D eigenvalue weighted by Crippen LogP contribution is -2.47. The molecule has 0 aromatic rings. The molecule has 0 bridgehead atoms. The maximum atomic E-state index is 5.89. The Balaban J connectivity index is 0.000000296. The predicted octanol–water partition coefficient (Wildman–Crippen LogP) is 7.32. The summed E-state index contributed by atoms with van der Waals surface area (Å²) < 4.78 is 23.3. The van der Waals surface area contributed by atoms with Gasteiger partial charge in [0.1, 0.15) is 0 Å². The first kappa shape index (κ1) is 27.3. The van der Waals surface area contributed by atoms with Crippen molar-refractivity contribution in [1.82, 2.24) is 0 Å². The summed E-state index contributed by atoms with van der Waals surface area (Å²) >= 11 is 0. The highest BCUT2D eigenvalue weighted by Crippen LogP contribution is 2.44. The van der Waals surface area contributed by atoms with E-state index in [1.54, 1.807) is 0 Å². The van der Waals surface area contributed by atoms with Crippen LogP contribution in [0.25, 0.3) is 0 Å².